The first-order valence-corrected chi connectivity index (χ1v) is 22.1. The summed E-state index contributed by atoms with van der Waals surface area (Å²) >= 11 is 0. The van der Waals surface area contributed by atoms with Gasteiger partial charge in [0.1, 0.15) is 17.2 Å². The Bertz CT molecular complexity index is 2530. The fourth-order valence-electron chi connectivity index (χ4n) is 6.42. The fourth-order valence-corrected chi connectivity index (χ4v) is 11.6. The summed E-state index contributed by atoms with van der Waals surface area (Å²) < 4.78 is 139. The van der Waals surface area contributed by atoms with Crippen LogP contribution in [-0.4, -0.2) is 58.7 Å². The number of rotatable bonds is 12. The molecule has 0 radical (unpaired) electrons. The second kappa shape index (κ2) is 14.0. The Morgan fingerprint density at radius 3 is 0.943 bits per heavy atom. The summed E-state index contributed by atoms with van der Waals surface area (Å²) in [5.74, 6) is 0.350. The van der Waals surface area contributed by atoms with Crippen LogP contribution in [0, 0.1) is 0 Å². The summed E-state index contributed by atoms with van der Waals surface area (Å²) in [6, 6.07) is 20.4. The van der Waals surface area contributed by atoms with E-state index in [-0.39, 0.29) is 85.3 Å². The van der Waals surface area contributed by atoms with E-state index in [4.69, 9.17) is 14.2 Å². The lowest BCUT2D eigenvalue weighted by molar-refractivity contribution is 0.342. The van der Waals surface area contributed by atoms with Crippen LogP contribution in [0.2, 0.25) is 0 Å². The highest BCUT2D eigenvalue weighted by atomic mass is 32.2. The van der Waals surface area contributed by atoms with E-state index in [1.165, 1.54) is 54.6 Å². The molecule has 0 bridgehead atoms. The highest BCUT2D eigenvalue weighted by Gasteiger charge is 2.42. The molecule has 3 N–H and O–H groups in total. The first-order valence-electron chi connectivity index (χ1n) is 16.1. The minimum atomic E-state index is -4.66. The van der Waals surface area contributed by atoms with Crippen molar-refractivity contribution >= 4 is 85.7 Å². The maximum absolute atomic E-state index is 17.2. The van der Waals surface area contributed by atoms with Crippen LogP contribution in [0.4, 0.5) is 0 Å². The molecular weight excluding hydrogens is 768 g/mol. The zero-order chi connectivity index (χ0) is 38.5. The number of ether oxygens (including phenoxy) is 3. The van der Waals surface area contributed by atoms with Crippen LogP contribution >= 0.6 is 7.14 Å². The molecule has 0 aromatic heterocycles. The highest BCUT2D eigenvalue weighted by Crippen LogP contribution is 2.55. The van der Waals surface area contributed by atoms with Crippen molar-refractivity contribution in [2.45, 2.75) is 35.5 Å². The molecule has 0 fully saturated rings. The van der Waals surface area contributed by atoms with Gasteiger partial charge >= 0.3 is 0 Å². The zero-order valence-corrected chi connectivity index (χ0v) is 31.7. The van der Waals surface area contributed by atoms with Crippen LogP contribution in [0.15, 0.2) is 106 Å². The Hall–Kier alpha value is -4.54. The average molecular weight is 801 g/mol. The average Bonchev–Trinajstić information content (AvgIpc) is 3.09. The first-order chi connectivity index (χ1) is 24.9. The van der Waals surface area contributed by atoms with Crippen molar-refractivity contribution in [1.82, 2.24) is 0 Å². The molecule has 53 heavy (non-hydrogen) atoms. The molecule has 6 aromatic rings. The van der Waals surface area contributed by atoms with E-state index < -0.39 is 52.2 Å². The van der Waals surface area contributed by atoms with Crippen molar-refractivity contribution in [3.05, 3.63) is 91.0 Å². The van der Waals surface area contributed by atoms with E-state index >= 15 is 4.57 Å². The molecule has 6 rings (SSSR count). The standard InChI is InChI=1S/C36H33O13PS3/c1-4-47-31-16-7-22-19-25(51(38,39)40)10-13-28(22)34(31)50(37,35-29-14-11-26(52(41,42)43)20-23(29)8-17-32(35)48-5-2)36-30-15-12-27(53(44,45)46)21-24(30)9-18-33(36)49-6-3/h7-21H,4-6H2,1-3H3,(H,38,39,40)(H,41,42,43)(H,44,45,46). The number of hydrogen-bond acceptors (Lipinski definition) is 10. The van der Waals surface area contributed by atoms with Gasteiger partial charge in [0, 0.05) is 0 Å². The van der Waals surface area contributed by atoms with Crippen LogP contribution in [-0.2, 0) is 34.9 Å². The summed E-state index contributed by atoms with van der Waals surface area (Å²) in [6.07, 6.45) is 0. The third-order valence-corrected chi connectivity index (χ3v) is 14.3. The maximum Gasteiger partial charge on any atom is 0.294 e. The number of benzene rings is 6. The molecule has 0 saturated heterocycles. The molecule has 6 aromatic carbocycles. The summed E-state index contributed by atoms with van der Waals surface area (Å²) in [7, 11) is -18.6. The van der Waals surface area contributed by atoms with Gasteiger partial charge in [0.25, 0.3) is 30.4 Å². The quantitative estimate of drug-likeness (QED) is 0.100. The minimum Gasteiger partial charge on any atom is -0.493 e. The predicted octanol–water partition coefficient (Wildman–Crippen LogP) is 5.72. The lowest BCUT2D eigenvalue weighted by Crippen LogP contribution is -2.30. The molecule has 278 valence electrons. The van der Waals surface area contributed by atoms with E-state index in [0.29, 0.717) is 0 Å². The van der Waals surface area contributed by atoms with Crippen molar-refractivity contribution in [3.63, 3.8) is 0 Å². The lowest BCUT2D eigenvalue weighted by atomic mass is 10.1. The fraction of sp³-hybridized carbons (Fsp3) is 0.167. The normalized spacial score (nSPS) is 12.7. The molecule has 17 heteroatoms. The van der Waals surface area contributed by atoms with E-state index in [0.717, 1.165) is 18.2 Å². The minimum absolute atomic E-state index is 0.0540. The van der Waals surface area contributed by atoms with E-state index in [2.05, 4.69) is 0 Å². The molecule has 0 aliphatic rings. The molecule has 0 spiro atoms. The van der Waals surface area contributed by atoms with E-state index in [1.54, 1.807) is 39.0 Å². The SMILES string of the molecule is CCOc1ccc2cc(S(=O)(=O)O)ccc2c1P(=O)(c1c(OCC)ccc2cc(S(=O)(=O)O)ccc12)c1c(OCC)ccc2cc(S(=O)(=O)O)ccc12. The Morgan fingerprint density at radius 1 is 0.453 bits per heavy atom. The molecule has 0 aliphatic carbocycles. The van der Waals surface area contributed by atoms with Gasteiger partial charge < -0.3 is 18.8 Å². The van der Waals surface area contributed by atoms with Crippen molar-refractivity contribution in [3.8, 4) is 17.2 Å². The number of hydrogen-bond donors (Lipinski definition) is 3. The largest absolute Gasteiger partial charge is 0.493 e. The first kappa shape index (κ1) is 38.2. The van der Waals surface area contributed by atoms with Gasteiger partial charge in [-0.25, -0.2) is 0 Å². The van der Waals surface area contributed by atoms with Gasteiger partial charge in [0.2, 0.25) is 0 Å². The highest BCUT2D eigenvalue weighted by molar-refractivity contribution is 7.87. The topological polar surface area (TPSA) is 208 Å². The molecule has 0 unspecified atom stereocenters. The predicted molar refractivity (Wildman–Crippen MR) is 201 cm³/mol. The Balaban J connectivity index is 1.93. The molecular formula is C36H33O13PS3. The molecule has 0 heterocycles. The summed E-state index contributed by atoms with van der Waals surface area (Å²) in [5, 5.41) is 1.64. The molecule has 0 amide bonds. The van der Waals surface area contributed by atoms with E-state index in [1.807, 2.05) is 0 Å². The zero-order valence-electron chi connectivity index (χ0n) is 28.4. The second-order valence-corrected chi connectivity index (χ2v) is 18.5. The molecule has 0 atom stereocenters. The molecule has 0 aliphatic heterocycles. The van der Waals surface area contributed by atoms with Crippen molar-refractivity contribution in [2.75, 3.05) is 19.8 Å². The van der Waals surface area contributed by atoms with Gasteiger partial charge in [-0.2, -0.15) is 25.3 Å². The van der Waals surface area contributed by atoms with Gasteiger partial charge in [-0.3, -0.25) is 13.7 Å². The summed E-state index contributed by atoms with van der Waals surface area (Å²) in [6.45, 7) is 5.42. The van der Waals surface area contributed by atoms with Crippen LogP contribution in [0.1, 0.15) is 20.8 Å². The molecule has 13 nitrogen and oxygen atoms in total. The second-order valence-electron chi connectivity index (χ2n) is 11.7. The van der Waals surface area contributed by atoms with Gasteiger partial charge in [0.05, 0.1) is 50.4 Å². The van der Waals surface area contributed by atoms with Gasteiger partial charge in [0.15, 0.2) is 7.14 Å². The number of fused-ring (bicyclic) bond motifs is 3. The van der Waals surface area contributed by atoms with Gasteiger partial charge in [-0.1, -0.05) is 36.4 Å². The summed E-state index contributed by atoms with van der Waals surface area (Å²) in [5.41, 5.74) is 0. The van der Waals surface area contributed by atoms with Gasteiger partial charge in [-0.05, 0) is 108 Å². The van der Waals surface area contributed by atoms with Crippen LogP contribution < -0.4 is 30.1 Å². The van der Waals surface area contributed by atoms with Crippen molar-refractivity contribution < 1.29 is 57.7 Å². The van der Waals surface area contributed by atoms with Crippen LogP contribution in [0.5, 0.6) is 17.2 Å². The monoisotopic (exact) mass is 800 g/mol. The maximum atomic E-state index is 17.2. The Labute approximate surface area is 305 Å². The van der Waals surface area contributed by atoms with Gasteiger partial charge in [-0.15, -0.1) is 0 Å². The van der Waals surface area contributed by atoms with Crippen molar-refractivity contribution in [1.29, 1.82) is 0 Å². The Kier molecular flexibility index (Phi) is 10.1. The van der Waals surface area contributed by atoms with E-state index in [9.17, 15) is 38.9 Å². The lowest BCUT2D eigenvalue weighted by Gasteiger charge is -2.29. The third kappa shape index (κ3) is 6.99. The Morgan fingerprint density at radius 2 is 0.717 bits per heavy atom. The smallest absolute Gasteiger partial charge is 0.294 e. The van der Waals surface area contributed by atoms with Crippen molar-refractivity contribution in [2.24, 2.45) is 0 Å². The third-order valence-electron chi connectivity index (χ3n) is 8.52. The van der Waals surface area contributed by atoms with Crippen LogP contribution in [0.25, 0.3) is 32.3 Å². The van der Waals surface area contributed by atoms with Crippen LogP contribution in [0.3, 0.4) is 0 Å². The summed E-state index contributed by atoms with van der Waals surface area (Å²) in [4.78, 5) is -1.28. The molecule has 0 saturated carbocycles.